The summed E-state index contributed by atoms with van der Waals surface area (Å²) in [6, 6.07) is 0.325. The molecule has 2 unspecified atom stereocenters. The molecule has 2 fully saturated rings. The van der Waals surface area contributed by atoms with E-state index in [0.717, 1.165) is 26.1 Å². The molecule has 0 aromatic carbocycles. The number of hydrogen-bond donors (Lipinski definition) is 2. The highest BCUT2D eigenvalue weighted by Crippen LogP contribution is 2.22. The first-order chi connectivity index (χ1) is 8.85. The quantitative estimate of drug-likeness (QED) is 0.736. The lowest BCUT2D eigenvalue weighted by Gasteiger charge is -2.42. The first-order valence-corrected chi connectivity index (χ1v) is 7.31. The predicted molar refractivity (Wildman–Crippen MR) is 74.8 cm³/mol. The van der Waals surface area contributed by atoms with Gasteiger partial charge in [-0.1, -0.05) is 0 Å². The smallest absolute Gasteiger partial charge is 0.234 e. The molecule has 0 spiro atoms. The van der Waals surface area contributed by atoms with Gasteiger partial charge in [0.1, 0.15) is 0 Å². The third-order valence-electron chi connectivity index (χ3n) is 3.73. The Balaban J connectivity index is 1.80. The molecule has 0 radical (unpaired) electrons. The van der Waals surface area contributed by atoms with Gasteiger partial charge in [0.2, 0.25) is 5.91 Å². The van der Waals surface area contributed by atoms with E-state index in [9.17, 15) is 4.79 Å². The molecular weight excluding hydrogens is 242 g/mol. The van der Waals surface area contributed by atoms with Gasteiger partial charge in [-0.2, -0.15) is 0 Å². The van der Waals surface area contributed by atoms with E-state index < -0.39 is 0 Å². The van der Waals surface area contributed by atoms with Crippen molar-refractivity contribution >= 4 is 5.91 Å². The predicted octanol–water partition coefficient (Wildman–Crippen LogP) is 0.482. The Hall–Kier alpha value is -0.650. The lowest BCUT2D eigenvalue weighted by molar-refractivity contribution is -0.130. The van der Waals surface area contributed by atoms with Gasteiger partial charge in [0.05, 0.1) is 17.7 Å². The largest absolute Gasteiger partial charge is 0.370 e. The minimum Gasteiger partial charge on any atom is -0.370 e. The molecule has 110 valence electrons. The van der Waals surface area contributed by atoms with E-state index in [2.05, 4.69) is 31.0 Å². The van der Waals surface area contributed by atoms with Crippen LogP contribution in [0.25, 0.3) is 0 Å². The topological polar surface area (TPSA) is 67.6 Å². The van der Waals surface area contributed by atoms with Gasteiger partial charge in [-0.3, -0.25) is 9.69 Å². The maximum atomic E-state index is 11.4. The molecule has 3 N–H and O–H groups in total. The number of nitrogens with two attached hydrogens (primary N) is 1. The van der Waals surface area contributed by atoms with Crippen LogP contribution in [-0.2, 0) is 9.53 Å². The first kappa shape index (κ1) is 14.8. The summed E-state index contributed by atoms with van der Waals surface area (Å²) in [5, 5.41) is 3.33. The fourth-order valence-corrected chi connectivity index (χ4v) is 2.91. The van der Waals surface area contributed by atoms with Crippen LogP contribution in [0.1, 0.15) is 40.0 Å². The zero-order valence-corrected chi connectivity index (χ0v) is 12.3. The van der Waals surface area contributed by atoms with Crippen molar-refractivity contribution < 1.29 is 9.53 Å². The van der Waals surface area contributed by atoms with Crippen LogP contribution in [0.2, 0.25) is 0 Å². The van der Waals surface area contributed by atoms with E-state index in [4.69, 9.17) is 10.5 Å². The second-order valence-corrected chi connectivity index (χ2v) is 6.61. The first-order valence-electron chi connectivity index (χ1n) is 7.31. The third kappa shape index (κ3) is 4.75. The molecule has 0 aromatic rings. The Bertz CT molecular complexity index is 329. The fourth-order valence-electron chi connectivity index (χ4n) is 2.91. The molecule has 1 saturated heterocycles. The summed E-state index contributed by atoms with van der Waals surface area (Å²) in [7, 11) is 0. The monoisotopic (exact) mass is 269 g/mol. The van der Waals surface area contributed by atoms with Crippen molar-refractivity contribution in [2.45, 2.75) is 63.8 Å². The van der Waals surface area contributed by atoms with Gasteiger partial charge in [0.15, 0.2) is 0 Å². The van der Waals surface area contributed by atoms with E-state index in [1.165, 1.54) is 12.8 Å². The summed E-state index contributed by atoms with van der Waals surface area (Å²) >= 11 is 0. The van der Waals surface area contributed by atoms with Gasteiger partial charge in [0, 0.05) is 25.7 Å². The number of primary amides is 1. The van der Waals surface area contributed by atoms with Crippen molar-refractivity contribution in [3.05, 3.63) is 0 Å². The molecule has 1 aliphatic heterocycles. The van der Waals surface area contributed by atoms with Gasteiger partial charge >= 0.3 is 0 Å². The average Bonchev–Trinajstić information content (AvgIpc) is 3.04. The zero-order chi connectivity index (χ0) is 14.0. The van der Waals surface area contributed by atoms with E-state index in [-0.39, 0.29) is 23.7 Å². The van der Waals surface area contributed by atoms with Crippen molar-refractivity contribution in [3.8, 4) is 0 Å². The number of nitrogens with one attached hydrogen (secondary N) is 1. The summed E-state index contributed by atoms with van der Waals surface area (Å²) < 4.78 is 5.88. The van der Waals surface area contributed by atoms with Crippen LogP contribution in [-0.4, -0.2) is 54.2 Å². The summed E-state index contributed by atoms with van der Waals surface area (Å²) in [5.41, 5.74) is 5.36. The Morgan fingerprint density at radius 2 is 2.21 bits per heavy atom. The normalized spacial score (nSPS) is 29.1. The zero-order valence-electron chi connectivity index (χ0n) is 12.3. The summed E-state index contributed by atoms with van der Waals surface area (Å²) in [5.74, 6) is -0.229. The van der Waals surface area contributed by atoms with Crippen LogP contribution in [0.4, 0.5) is 0 Å². The van der Waals surface area contributed by atoms with Crippen molar-refractivity contribution in [3.63, 3.8) is 0 Å². The van der Waals surface area contributed by atoms with Gasteiger partial charge < -0.3 is 15.8 Å². The van der Waals surface area contributed by atoms with Gasteiger partial charge in [-0.05, 0) is 40.0 Å². The number of nitrogens with zero attached hydrogens (tertiary/aromatic N) is 1. The molecule has 0 bridgehead atoms. The standard InChI is InChI=1S/C14H27N3O2/c1-10-8-17(9-14(2,3)19-10)7-6-12(13(15)18)16-11-4-5-11/h10-12,16H,4-9H2,1-3H3,(H2,15,18). The number of rotatable bonds is 6. The average molecular weight is 269 g/mol. The Morgan fingerprint density at radius 1 is 1.53 bits per heavy atom. The summed E-state index contributed by atoms with van der Waals surface area (Å²) in [4.78, 5) is 13.8. The molecule has 1 saturated carbocycles. The van der Waals surface area contributed by atoms with Gasteiger partial charge in [-0.15, -0.1) is 0 Å². The third-order valence-corrected chi connectivity index (χ3v) is 3.73. The number of carbonyl (C=O) groups excluding carboxylic acids is 1. The molecule has 2 atom stereocenters. The lowest BCUT2D eigenvalue weighted by atomic mass is 10.0. The van der Waals surface area contributed by atoms with E-state index >= 15 is 0 Å². The van der Waals surface area contributed by atoms with Crippen molar-refractivity contribution in [2.75, 3.05) is 19.6 Å². The SMILES string of the molecule is CC1CN(CCC(NC2CC2)C(N)=O)CC(C)(C)O1. The van der Waals surface area contributed by atoms with Crippen molar-refractivity contribution in [2.24, 2.45) is 5.73 Å². The molecule has 0 aromatic heterocycles. The summed E-state index contributed by atoms with van der Waals surface area (Å²) in [6.07, 6.45) is 3.37. The molecule has 1 amide bonds. The maximum absolute atomic E-state index is 11.4. The lowest BCUT2D eigenvalue weighted by Crippen LogP contribution is -2.53. The number of hydrogen-bond acceptors (Lipinski definition) is 4. The highest BCUT2D eigenvalue weighted by molar-refractivity contribution is 5.79. The molecular formula is C14H27N3O2. The maximum Gasteiger partial charge on any atom is 0.234 e. The van der Waals surface area contributed by atoms with Crippen LogP contribution < -0.4 is 11.1 Å². The van der Waals surface area contributed by atoms with Crippen LogP contribution in [0, 0.1) is 0 Å². The second kappa shape index (κ2) is 5.77. The van der Waals surface area contributed by atoms with Gasteiger partial charge in [0.25, 0.3) is 0 Å². The van der Waals surface area contributed by atoms with Crippen LogP contribution >= 0.6 is 0 Å². The molecule has 2 rings (SSSR count). The number of amides is 1. The van der Waals surface area contributed by atoms with Crippen LogP contribution in [0.5, 0.6) is 0 Å². The second-order valence-electron chi connectivity index (χ2n) is 6.61. The molecule has 2 aliphatic rings. The Labute approximate surface area is 115 Å². The highest BCUT2D eigenvalue weighted by Gasteiger charge is 2.32. The molecule has 5 nitrogen and oxygen atoms in total. The van der Waals surface area contributed by atoms with E-state index in [0.29, 0.717) is 6.04 Å². The van der Waals surface area contributed by atoms with Crippen LogP contribution in [0.15, 0.2) is 0 Å². The molecule has 19 heavy (non-hydrogen) atoms. The number of ether oxygens (including phenoxy) is 1. The molecule has 5 heteroatoms. The number of morpholine rings is 1. The Morgan fingerprint density at radius 3 is 2.74 bits per heavy atom. The van der Waals surface area contributed by atoms with Crippen LogP contribution in [0.3, 0.4) is 0 Å². The van der Waals surface area contributed by atoms with Gasteiger partial charge in [-0.25, -0.2) is 0 Å². The minimum absolute atomic E-state index is 0.107. The van der Waals surface area contributed by atoms with E-state index in [1.807, 2.05) is 0 Å². The number of carbonyl (C=O) groups is 1. The highest BCUT2D eigenvalue weighted by atomic mass is 16.5. The molecule has 1 heterocycles. The summed E-state index contributed by atoms with van der Waals surface area (Å²) in [6.45, 7) is 9.06. The van der Waals surface area contributed by atoms with Crippen molar-refractivity contribution in [1.82, 2.24) is 10.2 Å². The minimum atomic E-state index is -0.229. The molecule has 1 aliphatic carbocycles. The van der Waals surface area contributed by atoms with Crippen molar-refractivity contribution in [1.29, 1.82) is 0 Å². The Kier molecular flexibility index (Phi) is 4.48. The van der Waals surface area contributed by atoms with E-state index in [1.54, 1.807) is 0 Å². The fraction of sp³-hybridized carbons (Fsp3) is 0.929.